The van der Waals surface area contributed by atoms with Gasteiger partial charge in [-0.25, -0.2) is 8.78 Å². The van der Waals surface area contributed by atoms with Gasteiger partial charge in [-0.1, -0.05) is 0 Å². The monoisotopic (exact) mass is 197 g/mol. The van der Waals surface area contributed by atoms with E-state index in [-0.39, 0.29) is 11.3 Å². The fourth-order valence-electron chi connectivity index (χ4n) is 1.33. The molecule has 1 aliphatic carbocycles. The van der Waals surface area contributed by atoms with E-state index in [0.29, 0.717) is 12.8 Å². The van der Waals surface area contributed by atoms with Crippen molar-refractivity contribution in [3.63, 3.8) is 0 Å². The molecule has 1 aromatic rings. The zero-order valence-electron chi connectivity index (χ0n) is 7.39. The van der Waals surface area contributed by atoms with Gasteiger partial charge in [0.15, 0.2) is 5.78 Å². The molecule has 0 heterocycles. The average molecular weight is 197 g/mol. The summed E-state index contributed by atoms with van der Waals surface area (Å²) in [7, 11) is 0. The Kier molecular flexibility index (Phi) is 1.89. The van der Waals surface area contributed by atoms with Crippen LogP contribution in [0, 0.1) is 11.6 Å². The summed E-state index contributed by atoms with van der Waals surface area (Å²) < 4.78 is 25.5. The summed E-state index contributed by atoms with van der Waals surface area (Å²) in [6, 6.07) is 2.75. The van der Waals surface area contributed by atoms with Crippen LogP contribution in [0.25, 0.3) is 0 Å². The second-order valence-corrected chi connectivity index (χ2v) is 3.64. The fraction of sp³-hybridized carbons (Fsp3) is 0.300. The minimum atomic E-state index is -0.875. The molecule has 2 nitrogen and oxygen atoms in total. The van der Waals surface area contributed by atoms with Crippen molar-refractivity contribution in [1.29, 1.82) is 0 Å². The molecular weight excluding hydrogens is 188 g/mol. The molecular formula is C10H9F2NO. The highest BCUT2D eigenvalue weighted by Crippen LogP contribution is 2.35. The first-order valence-corrected chi connectivity index (χ1v) is 4.31. The van der Waals surface area contributed by atoms with E-state index < -0.39 is 17.2 Å². The third kappa shape index (κ3) is 1.53. The van der Waals surface area contributed by atoms with Crippen LogP contribution in [0.2, 0.25) is 0 Å². The molecule has 0 aliphatic heterocycles. The lowest BCUT2D eigenvalue weighted by atomic mass is 10.0. The summed E-state index contributed by atoms with van der Waals surface area (Å²) in [5, 5.41) is 0. The molecule has 14 heavy (non-hydrogen) atoms. The number of hydrogen-bond acceptors (Lipinski definition) is 2. The number of rotatable bonds is 2. The molecule has 0 spiro atoms. The number of carbonyl (C=O) groups is 1. The van der Waals surface area contributed by atoms with E-state index in [1.807, 2.05) is 0 Å². The van der Waals surface area contributed by atoms with Gasteiger partial charge in [0.05, 0.1) is 5.54 Å². The maximum absolute atomic E-state index is 12.8. The number of nitrogens with two attached hydrogens (primary N) is 1. The van der Waals surface area contributed by atoms with Crippen LogP contribution in [0.4, 0.5) is 8.78 Å². The van der Waals surface area contributed by atoms with Crippen molar-refractivity contribution in [2.75, 3.05) is 0 Å². The Bertz CT molecular complexity index is 379. The summed E-state index contributed by atoms with van der Waals surface area (Å²) in [5.41, 5.74) is 4.77. The molecule has 0 saturated heterocycles. The van der Waals surface area contributed by atoms with Crippen molar-refractivity contribution in [1.82, 2.24) is 0 Å². The van der Waals surface area contributed by atoms with E-state index in [1.54, 1.807) is 0 Å². The smallest absolute Gasteiger partial charge is 0.182 e. The summed E-state index contributed by atoms with van der Waals surface area (Å²) in [5.74, 6) is -1.88. The van der Waals surface area contributed by atoms with Crippen LogP contribution in [-0.2, 0) is 0 Å². The normalized spacial score (nSPS) is 17.9. The predicted molar refractivity (Wildman–Crippen MR) is 46.8 cm³/mol. The topological polar surface area (TPSA) is 43.1 Å². The minimum Gasteiger partial charge on any atom is -0.319 e. The van der Waals surface area contributed by atoms with Crippen LogP contribution in [0.5, 0.6) is 0 Å². The van der Waals surface area contributed by atoms with E-state index in [2.05, 4.69) is 0 Å². The third-order valence-corrected chi connectivity index (χ3v) is 2.37. The zero-order chi connectivity index (χ0) is 10.3. The quantitative estimate of drug-likeness (QED) is 0.732. The highest BCUT2D eigenvalue weighted by atomic mass is 19.1. The first-order chi connectivity index (χ1) is 6.51. The van der Waals surface area contributed by atoms with Crippen LogP contribution < -0.4 is 5.73 Å². The van der Waals surface area contributed by atoms with Gasteiger partial charge in [0.1, 0.15) is 11.6 Å². The largest absolute Gasteiger partial charge is 0.319 e. The molecule has 1 aromatic carbocycles. The molecule has 1 aliphatic rings. The van der Waals surface area contributed by atoms with Crippen molar-refractivity contribution in [2.24, 2.45) is 5.73 Å². The Morgan fingerprint density at radius 2 is 1.71 bits per heavy atom. The summed E-state index contributed by atoms with van der Waals surface area (Å²) in [4.78, 5) is 11.6. The second kappa shape index (κ2) is 2.85. The van der Waals surface area contributed by atoms with E-state index >= 15 is 0 Å². The van der Waals surface area contributed by atoms with Crippen LogP contribution in [0.15, 0.2) is 18.2 Å². The first-order valence-electron chi connectivity index (χ1n) is 4.31. The number of halogens is 2. The molecule has 4 heteroatoms. The van der Waals surface area contributed by atoms with E-state index in [4.69, 9.17) is 5.73 Å². The molecule has 0 unspecified atom stereocenters. The molecule has 0 atom stereocenters. The van der Waals surface area contributed by atoms with Gasteiger partial charge in [-0.2, -0.15) is 0 Å². The maximum Gasteiger partial charge on any atom is 0.182 e. The predicted octanol–water partition coefficient (Wildman–Crippen LogP) is 1.64. The van der Waals surface area contributed by atoms with Gasteiger partial charge in [-0.3, -0.25) is 4.79 Å². The van der Waals surface area contributed by atoms with Crippen molar-refractivity contribution < 1.29 is 13.6 Å². The molecule has 0 amide bonds. The highest BCUT2D eigenvalue weighted by molar-refractivity contribution is 6.05. The SMILES string of the molecule is NC1(C(=O)c2cc(F)cc(F)c2)CC1. The first kappa shape index (κ1) is 9.27. The Hall–Kier alpha value is -1.29. The van der Waals surface area contributed by atoms with Crippen molar-refractivity contribution >= 4 is 5.78 Å². The molecule has 2 rings (SSSR count). The van der Waals surface area contributed by atoms with Gasteiger partial charge in [0.2, 0.25) is 0 Å². The number of ketones is 1. The standard InChI is InChI=1S/C10H9F2NO/c11-7-3-6(4-8(12)5-7)9(14)10(13)1-2-10/h3-5H,1-2,13H2. The number of Topliss-reactive ketones (excluding diaryl/α,β-unsaturated/α-hetero) is 1. The van der Waals surface area contributed by atoms with Gasteiger partial charge in [-0.05, 0) is 25.0 Å². The molecule has 1 fully saturated rings. The van der Waals surface area contributed by atoms with Crippen LogP contribution >= 0.6 is 0 Å². The van der Waals surface area contributed by atoms with Crippen molar-refractivity contribution in [3.8, 4) is 0 Å². The highest BCUT2D eigenvalue weighted by Gasteiger charge is 2.46. The Balaban J connectivity index is 2.36. The molecule has 1 saturated carbocycles. The summed E-state index contributed by atoms with van der Waals surface area (Å²) in [6.45, 7) is 0. The lowest BCUT2D eigenvalue weighted by Crippen LogP contribution is -2.32. The minimum absolute atomic E-state index is 0.0162. The number of hydrogen-bond donors (Lipinski definition) is 1. The number of carbonyl (C=O) groups excluding carboxylic acids is 1. The van der Waals surface area contributed by atoms with E-state index in [0.717, 1.165) is 18.2 Å². The van der Waals surface area contributed by atoms with Gasteiger partial charge in [0.25, 0.3) is 0 Å². The Morgan fingerprint density at radius 1 is 1.21 bits per heavy atom. The zero-order valence-corrected chi connectivity index (χ0v) is 7.39. The lowest BCUT2D eigenvalue weighted by molar-refractivity contribution is 0.0948. The maximum atomic E-state index is 12.8. The van der Waals surface area contributed by atoms with Crippen LogP contribution in [-0.4, -0.2) is 11.3 Å². The van der Waals surface area contributed by atoms with E-state index in [9.17, 15) is 13.6 Å². The van der Waals surface area contributed by atoms with Crippen LogP contribution in [0.3, 0.4) is 0 Å². The summed E-state index contributed by atoms with van der Waals surface area (Å²) in [6.07, 6.45) is 1.17. The van der Waals surface area contributed by atoms with Gasteiger partial charge >= 0.3 is 0 Å². The summed E-state index contributed by atoms with van der Waals surface area (Å²) >= 11 is 0. The van der Waals surface area contributed by atoms with Crippen LogP contribution in [0.1, 0.15) is 23.2 Å². The Labute approximate surface area is 79.7 Å². The molecule has 0 bridgehead atoms. The van der Waals surface area contributed by atoms with Gasteiger partial charge in [0, 0.05) is 11.6 Å². The lowest BCUT2D eigenvalue weighted by Gasteiger charge is -2.07. The van der Waals surface area contributed by atoms with Gasteiger partial charge < -0.3 is 5.73 Å². The van der Waals surface area contributed by atoms with Crippen molar-refractivity contribution in [3.05, 3.63) is 35.4 Å². The van der Waals surface area contributed by atoms with Crippen molar-refractivity contribution in [2.45, 2.75) is 18.4 Å². The number of benzene rings is 1. The van der Waals surface area contributed by atoms with Gasteiger partial charge in [-0.15, -0.1) is 0 Å². The second-order valence-electron chi connectivity index (χ2n) is 3.64. The fourth-order valence-corrected chi connectivity index (χ4v) is 1.33. The molecule has 74 valence electrons. The third-order valence-electron chi connectivity index (χ3n) is 2.37. The van der Waals surface area contributed by atoms with E-state index in [1.165, 1.54) is 0 Å². The molecule has 0 aromatic heterocycles. The molecule has 0 radical (unpaired) electrons. The Morgan fingerprint density at radius 3 is 2.14 bits per heavy atom. The molecule has 2 N–H and O–H groups in total. The average Bonchev–Trinajstić information content (AvgIpc) is 2.82.